The molecule has 1 aliphatic carbocycles. The Morgan fingerprint density at radius 3 is 3.06 bits per heavy atom. The van der Waals surface area contributed by atoms with Gasteiger partial charge in [0.05, 0.1) is 5.71 Å². The van der Waals surface area contributed by atoms with E-state index in [0.29, 0.717) is 13.0 Å². The summed E-state index contributed by atoms with van der Waals surface area (Å²) in [7, 11) is 0. The lowest BCUT2D eigenvalue weighted by atomic mass is 10.1. The van der Waals surface area contributed by atoms with Crippen LogP contribution in [0.3, 0.4) is 0 Å². The van der Waals surface area contributed by atoms with Crippen LogP contribution in [0.1, 0.15) is 12.1 Å². The molecule has 0 unspecified atom stereocenters. The van der Waals surface area contributed by atoms with Crippen molar-refractivity contribution in [1.82, 2.24) is 4.98 Å². The van der Waals surface area contributed by atoms with Gasteiger partial charge >= 0.3 is 0 Å². The van der Waals surface area contributed by atoms with Gasteiger partial charge < -0.3 is 5.11 Å². The Morgan fingerprint density at radius 2 is 2.31 bits per heavy atom. The van der Waals surface area contributed by atoms with Gasteiger partial charge in [-0.2, -0.15) is 0 Å². The van der Waals surface area contributed by atoms with Gasteiger partial charge in [-0.3, -0.25) is 9.98 Å². The number of hydrogen-bond acceptors (Lipinski definition) is 3. The van der Waals surface area contributed by atoms with Crippen LogP contribution in [0.4, 0.5) is 0 Å². The summed E-state index contributed by atoms with van der Waals surface area (Å²) < 4.78 is 0. The second kappa shape index (κ2) is 5.26. The number of rotatable bonds is 3. The molecule has 0 atom stereocenters. The molecule has 1 heterocycles. The number of aliphatic hydroxyl groups is 1. The lowest BCUT2D eigenvalue weighted by molar-refractivity contribution is 0.440. The number of allylic oxidation sites excluding steroid dienone is 4. The van der Waals surface area contributed by atoms with Crippen LogP contribution in [0.25, 0.3) is 0 Å². The van der Waals surface area contributed by atoms with Gasteiger partial charge in [-0.1, -0.05) is 18.2 Å². The predicted molar refractivity (Wildman–Crippen MR) is 64.7 cm³/mol. The quantitative estimate of drug-likeness (QED) is 0.840. The highest BCUT2D eigenvalue weighted by Crippen LogP contribution is 2.07. The maximum atomic E-state index is 9.53. The van der Waals surface area contributed by atoms with Crippen LogP contribution < -0.4 is 0 Å². The van der Waals surface area contributed by atoms with Crippen molar-refractivity contribution < 1.29 is 5.11 Å². The third-order valence-electron chi connectivity index (χ3n) is 2.39. The van der Waals surface area contributed by atoms with E-state index >= 15 is 0 Å². The molecule has 0 bridgehead atoms. The van der Waals surface area contributed by atoms with Crippen LogP contribution in [0.5, 0.6) is 0 Å². The van der Waals surface area contributed by atoms with Crippen molar-refractivity contribution in [2.75, 3.05) is 6.54 Å². The highest BCUT2D eigenvalue weighted by atomic mass is 16.3. The molecule has 0 amide bonds. The van der Waals surface area contributed by atoms with Gasteiger partial charge in [0, 0.05) is 31.3 Å². The molecule has 1 aliphatic rings. The second-order valence-electron chi connectivity index (χ2n) is 3.58. The SMILES string of the molecule is OC1=CC=CCC1=NCCc1ccccn1. The number of hydrogen-bond donors (Lipinski definition) is 1. The van der Waals surface area contributed by atoms with Gasteiger partial charge in [0.2, 0.25) is 0 Å². The molecule has 0 saturated carbocycles. The molecule has 1 aromatic heterocycles. The van der Waals surface area contributed by atoms with Crippen LogP contribution in [0.15, 0.2) is 53.4 Å². The minimum absolute atomic E-state index is 0.281. The third kappa shape index (κ3) is 2.79. The fourth-order valence-electron chi connectivity index (χ4n) is 1.54. The van der Waals surface area contributed by atoms with Gasteiger partial charge in [0.1, 0.15) is 5.76 Å². The number of pyridine rings is 1. The lowest BCUT2D eigenvalue weighted by Crippen LogP contribution is -2.06. The van der Waals surface area contributed by atoms with Crippen molar-refractivity contribution in [3.63, 3.8) is 0 Å². The van der Waals surface area contributed by atoms with E-state index in [1.54, 1.807) is 12.3 Å². The topological polar surface area (TPSA) is 45.5 Å². The molecule has 3 nitrogen and oxygen atoms in total. The largest absolute Gasteiger partial charge is 0.506 e. The summed E-state index contributed by atoms with van der Waals surface area (Å²) in [6.45, 7) is 0.665. The molecular formula is C13H14N2O. The van der Waals surface area contributed by atoms with Crippen molar-refractivity contribution in [1.29, 1.82) is 0 Å². The van der Waals surface area contributed by atoms with E-state index in [4.69, 9.17) is 0 Å². The fourth-order valence-corrected chi connectivity index (χ4v) is 1.54. The Balaban J connectivity index is 1.91. The highest BCUT2D eigenvalue weighted by molar-refractivity contribution is 6.00. The molecule has 1 N–H and O–H groups in total. The Kier molecular flexibility index (Phi) is 3.49. The van der Waals surface area contributed by atoms with E-state index < -0.39 is 0 Å². The van der Waals surface area contributed by atoms with Gasteiger partial charge in [0.25, 0.3) is 0 Å². The first-order valence-corrected chi connectivity index (χ1v) is 5.35. The first-order chi connectivity index (χ1) is 7.86. The molecule has 0 fully saturated rings. The van der Waals surface area contributed by atoms with Gasteiger partial charge in [-0.25, -0.2) is 0 Å². The molecule has 0 spiro atoms. The zero-order valence-corrected chi connectivity index (χ0v) is 9.00. The second-order valence-corrected chi connectivity index (χ2v) is 3.58. The summed E-state index contributed by atoms with van der Waals surface area (Å²) in [5, 5.41) is 9.53. The Bertz CT molecular complexity index is 433. The van der Waals surface area contributed by atoms with Gasteiger partial charge in [-0.15, -0.1) is 0 Å². The molecule has 0 saturated heterocycles. The average molecular weight is 214 g/mol. The average Bonchev–Trinajstić information content (AvgIpc) is 2.33. The maximum absolute atomic E-state index is 9.53. The summed E-state index contributed by atoms with van der Waals surface area (Å²) in [6, 6.07) is 5.85. The molecule has 82 valence electrons. The first kappa shape index (κ1) is 10.6. The van der Waals surface area contributed by atoms with E-state index in [0.717, 1.165) is 17.8 Å². The van der Waals surface area contributed by atoms with Crippen LogP contribution >= 0.6 is 0 Å². The summed E-state index contributed by atoms with van der Waals surface area (Å²) in [6.07, 6.45) is 8.80. The normalized spacial score (nSPS) is 17.5. The summed E-state index contributed by atoms with van der Waals surface area (Å²) in [5.41, 5.74) is 1.79. The zero-order chi connectivity index (χ0) is 11.2. The van der Waals surface area contributed by atoms with Gasteiger partial charge in [0.15, 0.2) is 0 Å². The van der Waals surface area contributed by atoms with Crippen molar-refractivity contribution >= 4 is 5.71 Å². The van der Waals surface area contributed by atoms with Crippen molar-refractivity contribution in [2.45, 2.75) is 12.8 Å². The molecule has 1 aromatic rings. The maximum Gasteiger partial charge on any atom is 0.136 e. The van der Waals surface area contributed by atoms with E-state index in [1.807, 2.05) is 30.4 Å². The van der Waals surface area contributed by atoms with E-state index in [9.17, 15) is 5.11 Å². The van der Waals surface area contributed by atoms with Crippen LogP contribution in [0.2, 0.25) is 0 Å². The molecule has 2 rings (SSSR count). The summed E-state index contributed by atoms with van der Waals surface area (Å²) in [5.74, 6) is 0.281. The molecule has 3 heteroatoms. The van der Waals surface area contributed by atoms with Crippen molar-refractivity contribution in [3.8, 4) is 0 Å². The number of aromatic nitrogens is 1. The molecule has 0 aromatic carbocycles. The molecule has 16 heavy (non-hydrogen) atoms. The van der Waals surface area contributed by atoms with E-state index in [1.165, 1.54) is 0 Å². The smallest absolute Gasteiger partial charge is 0.136 e. The van der Waals surface area contributed by atoms with E-state index in [-0.39, 0.29) is 5.76 Å². The fraction of sp³-hybridized carbons (Fsp3) is 0.231. The first-order valence-electron chi connectivity index (χ1n) is 5.35. The highest BCUT2D eigenvalue weighted by Gasteiger charge is 2.05. The number of nitrogens with zero attached hydrogens (tertiary/aromatic N) is 2. The predicted octanol–water partition coefficient (Wildman–Crippen LogP) is 2.47. The Labute approximate surface area is 94.9 Å². The van der Waals surface area contributed by atoms with Crippen molar-refractivity contribution in [2.24, 2.45) is 4.99 Å². The number of aliphatic hydroxyl groups excluding tert-OH is 1. The van der Waals surface area contributed by atoms with Gasteiger partial charge in [-0.05, 0) is 18.2 Å². The zero-order valence-electron chi connectivity index (χ0n) is 9.00. The van der Waals surface area contributed by atoms with Crippen LogP contribution in [-0.2, 0) is 6.42 Å². The minimum Gasteiger partial charge on any atom is -0.506 e. The third-order valence-corrected chi connectivity index (χ3v) is 2.39. The standard InChI is InChI=1S/C13H14N2O/c16-13-7-2-1-6-12(13)15-10-8-11-5-3-4-9-14-11/h1-5,7,9,16H,6,8,10H2. The summed E-state index contributed by atoms with van der Waals surface area (Å²) >= 11 is 0. The number of aliphatic imine (C=N–C) groups is 1. The molecular weight excluding hydrogens is 200 g/mol. The van der Waals surface area contributed by atoms with Crippen LogP contribution in [-0.4, -0.2) is 22.3 Å². The minimum atomic E-state index is 0.281. The lowest BCUT2D eigenvalue weighted by Gasteiger charge is -2.06. The molecule has 0 aliphatic heterocycles. The van der Waals surface area contributed by atoms with Crippen LogP contribution in [0, 0.1) is 0 Å². The Hall–Kier alpha value is -1.90. The van der Waals surface area contributed by atoms with E-state index in [2.05, 4.69) is 9.98 Å². The molecule has 0 radical (unpaired) electrons. The van der Waals surface area contributed by atoms with Crippen molar-refractivity contribution in [3.05, 3.63) is 54.1 Å². The Morgan fingerprint density at radius 1 is 1.38 bits per heavy atom. The summed E-state index contributed by atoms with van der Waals surface area (Å²) in [4.78, 5) is 8.59. The monoisotopic (exact) mass is 214 g/mol.